The second-order valence-corrected chi connectivity index (χ2v) is 5.78. The van der Waals surface area contributed by atoms with Gasteiger partial charge in [0, 0.05) is 32.5 Å². The summed E-state index contributed by atoms with van der Waals surface area (Å²) in [6, 6.07) is 8.38. The standard InChI is InChI=1S/C13H16BrNO2S/c14-13-10-3-1-2-4-11(10)18-12(13)9-15-5-7-17-8-6-16/h1-4,15-16H,5-9H2. The lowest BCUT2D eigenvalue weighted by Crippen LogP contribution is -2.19. The van der Waals surface area contributed by atoms with Gasteiger partial charge < -0.3 is 15.2 Å². The van der Waals surface area contributed by atoms with Crippen LogP contribution in [-0.4, -0.2) is 31.5 Å². The van der Waals surface area contributed by atoms with Crippen molar-refractivity contribution in [3.63, 3.8) is 0 Å². The maximum absolute atomic E-state index is 8.57. The van der Waals surface area contributed by atoms with Crippen molar-refractivity contribution in [1.29, 1.82) is 0 Å². The number of thiophene rings is 1. The normalized spacial score (nSPS) is 11.2. The van der Waals surface area contributed by atoms with Crippen molar-refractivity contribution < 1.29 is 9.84 Å². The summed E-state index contributed by atoms with van der Waals surface area (Å²) >= 11 is 5.45. The fourth-order valence-corrected chi connectivity index (χ4v) is 3.62. The van der Waals surface area contributed by atoms with Gasteiger partial charge in [-0.1, -0.05) is 18.2 Å². The number of aliphatic hydroxyl groups excluding tert-OH is 1. The maximum Gasteiger partial charge on any atom is 0.0698 e. The highest BCUT2D eigenvalue weighted by Gasteiger charge is 2.08. The molecule has 2 N–H and O–H groups in total. The van der Waals surface area contributed by atoms with Gasteiger partial charge in [0.15, 0.2) is 0 Å². The first kappa shape index (κ1) is 14.0. The average Bonchev–Trinajstić information content (AvgIpc) is 2.71. The first-order valence-electron chi connectivity index (χ1n) is 5.88. The van der Waals surface area contributed by atoms with Crippen LogP contribution in [0.15, 0.2) is 28.7 Å². The van der Waals surface area contributed by atoms with Crippen LogP contribution in [0.25, 0.3) is 10.1 Å². The lowest BCUT2D eigenvalue weighted by Gasteiger charge is -2.04. The van der Waals surface area contributed by atoms with Crippen molar-refractivity contribution in [2.75, 3.05) is 26.4 Å². The molecule has 0 amide bonds. The zero-order chi connectivity index (χ0) is 12.8. The van der Waals surface area contributed by atoms with Crippen molar-refractivity contribution >= 4 is 37.4 Å². The van der Waals surface area contributed by atoms with Crippen molar-refractivity contribution in [3.05, 3.63) is 33.6 Å². The summed E-state index contributed by atoms with van der Waals surface area (Å²) in [6.07, 6.45) is 0. The minimum atomic E-state index is 0.0852. The predicted octanol–water partition coefficient (Wildman–Crippen LogP) is 2.76. The Hall–Kier alpha value is -0.460. The molecule has 0 radical (unpaired) electrons. The number of fused-ring (bicyclic) bond motifs is 1. The minimum absolute atomic E-state index is 0.0852. The molecule has 0 fully saturated rings. The van der Waals surface area contributed by atoms with Crippen LogP contribution in [0.1, 0.15) is 4.88 Å². The van der Waals surface area contributed by atoms with Crippen LogP contribution in [0.5, 0.6) is 0 Å². The molecular weight excluding hydrogens is 314 g/mol. The molecule has 1 aromatic carbocycles. The number of rotatable bonds is 7. The van der Waals surface area contributed by atoms with Crippen molar-refractivity contribution in [1.82, 2.24) is 5.32 Å². The summed E-state index contributed by atoms with van der Waals surface area (Å²) < 4.78 is 7.68. The van der Waals surface area contributed by atoms with Gasteiger partial charge in [-0.05, 0) is 22.0 Å². The Morgan fingerprint density at radius 3 is 2.89 bits per heavy atom. The molecule has 0 aliphatic heterocycles. The third-order valence-corrected chi connectivity index (χ3v) is 4.88. The van der Waals surface area contributed by atoms with Gasteiger partial charge in [0.2, 0.25) is 0 Å². The molecule has 98 valence electrons. The molecule has 0 unspecified atom stereocenters. The summed E-state index contributed by atoms with van der Waals surface area (Å²) in [5.41, 5.74) is 0. The monoisotopic (exact) mass is 329 g/mol. The fourth-order valence-electron chi connectivity index (χ4n) is 1.69. The van der Waals surface area contributed by atoms with Gasteiger partial charge in [0.1, 0.15) is 0 Å². The largest absolute Gasteiger partial charge is 0.394 e. The first-order valence-corrected chi connectivity index (χ1v) is 7.49. The van der Waals surface area contributed by atoms with Crippen LogP contribution in [-0.2, 0) is 11.3 Å². The van der Waals surface area contributed by atoms with E-state index in [-0.39, 0.29) is 6.61 Å². The Labute approximate surface area is 119 Å². The molecule has 0 aliphatic rings. The SMILES string of the molecule is OCCOCCNCc1sc2ccccc2c1Br. The smallest absolute Gasteiger partial charge is 0.0698 e. The van der Waals surface area contributed by atoms with E-state index in [0.717, 1.165) is 13.1 Å². The second-order valence-electron chi connectivity index (χ2n) is 3.85. The molecule has 0 spiro atoms. The topological polar surface area (TPSA) is 41.5 Å². The number of halogens is 1. The van der Waals surface area contributed by atoms with Crippen LogP contribution in [0.3, 0.4) is 0 Å². The van der Waals surface area contributed by atoms with Crippen molar-refractivity contribution in [2.45, 2.75) is 6.54 Å². The first-order chi connectivity index (χ1) is 8.83. The molecule has 0 aliphatic carbocycles. The van der Waals surface area contributed by atoms with E-state index in [0.29, 0.717) is 13.2 Å². The number of benzene rings is 1. The minimum Gasteiger partial charge on any atom is -0.394 e. The van der Waals surface area contributed by atoms with Crippen LogP contribution in [0.4, 0.5) is 0 Å². The van der Waals surface area contributed by atoms with Crippen molar-refractivity contribution in [2.24, 2.45) is 0 Å². The van der Waals surface area contributed by atoms with E-state index < -0.39 is 0 Å². The van der Waals surface area contributed by atoms with Gasteiger partial charge >= 0.3 is 0 Å². The zero-order valence-electron chi connectivity index (χ0n) is 9.99. The van der Waals surface area contributed by atoms with Gasteiger partial charge in [0.05, 0.1) is 19.8 Å². The van der Waals surface area contributed by atoms with E-state index in [1.54, 1.807) is 11.3 Å². The second kappa shape index (κ2) is 7.21. The maximum atomic E-state index is 8.57. The summed E-state index contributed by atoms with van der Waals surface area (Å²) in [7, 11) is 0. The van der Waals surface area contributed by atoms with E-state index in [9.17, 15) is 0 Å². The van der Waals surface area contributed by atoms with Gasteiger partial charge in [-0.3, -0.25) is 0 Å². The molecule has 0 saturated carbocycles. The predicted molar refractivity (Wildman–Crippen MR) is 79.1 cm³/mol. The molecule has 2 rings (SSSR count). The Kier molecular flexibility index (Phi) is 5.59. The molecule has 18 heavy (non-hydrogen) atoms. The fraction of sp³-hybridized carbons (Fsp3) is 0.385. The van der Waals surface area contributed by atoms with Gasteiger partial charge in [-0.25, -0.2) is 0 Å². The number of ether oxygens (including phenoxy) is 1. The van der Waals surface area contributed by atoms with E-state index in [2.05, 4.69) is 45.5 Å². The molecule has 1 aromatic heterocycles. The Balaban J connectivity index is 1.86. The van der Waals surface area contributed by atoms with Crippen LogP contribution in [0.2, 0.25) is 0 Å². The highest BCUT2D eigenvalue weighted by atomic mass is 79.9. The van der Waals surface area contributed by atoms with Gasteiger partial charge in [0.25, 0.3) is 0 Å². The average molecular weight is 330 g/mol. The van der Waals surface area contributed by atoms with E-state index in [1.165, 1.54) is 19.4 Å². The zero-order valence-corrected chi connectivity index (χ0v) is 12.4. The summed E-state index contributed by atoms with van der Waals surface area (Å²) in [6.45, 7) is 2.75. The van der Waals surface area contributed by atoms with Gasteiger partial charge in [-0.15, -0.1) is 11.3 Å². The Morgan fingerprint density at radius 1 is 1.28 bits per heavy atom. The number of hydrogen-bond acceptors (Lipinski definition) is 4. The summed E-state index contributed by atoms with van der Waals surface area (Å²) in [5, 5.41) is 13.2. The number of hydrogen-bond donors (Lipinski definition) is 2. The lowest BCUT2D eigenvalue weighted by atomic mass is 10.2. The van der Waals surface area contributed by atoms with Gasteiger partial charge in [-0.2, -0.15) is 0 Å². The molecule has 2 aromatic rings. The Bertz CT molecular complexity index is 501. The highest BCUT2D eigenvalue weighted by molar-refractivity contribution is 9.10. The van der Waals surface area contributed by atoms with E-state index in [1.807, 2.05) is 0 Å². The summed E-state index contributed by atoms with van der Waals surface area (Å²) in [5.74, 6) is 0. The lowest BCUT2D eigenvalue weighted by molar-refractivity contribution is 0.0938. The molecule has 1 heterocycles. The molecule has 0 atom stereocenters. The van der Waals surface area contributed by atoms with Crippen LogP contribution in [0, 0.1) is 0 Å². The Morgan fingerprint density at radius 2 is 2.11 bits per heavy atom. The van der Waals surface area contributed by atoms with Crippen molar-refractivity contribution in [3.8, 4) is 0 Å². The molecule has 0 bridgehead atoms. The van der Waals surface area contributed by atoms with Crippen LogP contribution >= 0.6 is 27.3 Å². The number of aliphatic hydroxyl groups is 1. The quantitative estimate of drug-likeness (QED) is 0.767. The van der Waals surface area contributed by atoms with E-state index in [4.69, 9.17) is 9.84 Å². The summed E-state index contributed by atoms with van der Waals surface area (Å²) in [4.78, 5) is 1.30. The molecule has 3 nitrogen and oxygen atoms in total. The molecule has 0 saturated heterocycles. The third-order valence-electron chi connectivity index (χ3n) is 2.55. The van der Waals surface area contributed by atoms with Crippen LogP contribution < -0.4 is 5.32 Å². The van der Waals surface area contributed by atoms with E-state index >= 15 is 0 Å². The third kappa shape index (κ3) is 3.52. The number of nitrogens with one attached hydrogen (secondary N) is 1. The molecular formula is C13H16BrNO2S. The highest BCUT2D eigenvalue weighted by Crippen LogP contribution is 2.35. The molecule has 5 heteroatoms.